The number of aromatic amines is 1. The van der Waals surface area contributed by atoms with Crippen LogP contribution in [-0.2, 0) is 12.8 Å². The molecule has 1 aliphatic carbocycles. The van der Waals surface area contributed by atoms with Gasteiger partial charge in [0.15, 0.2) is 0 Å². The summed E-state index contributed by atoms with van der Waals surface area (Å²) in [5.41, 5.74) is 2.60. The van der Waals surface area contributed by atoms with Crippen LogP contribution in [0.25, 0.3) is 0 Å². The second-order valence-electron chi connectivity index (χ2n) is 5.29. The number of carbonyl (C=O) groups is 1. The van der Waals surface area contributed by atoms with Gasteiger partial charge in [-0.1, -0.05) is 23.9 Å². The first kappa shape index (κ1) is 15.8. The Kier molecular flexibility index (Phi) is 4.80. The number of hydrogen-bond acceptors (Lipinski definition) is 3. The third-order valence-corrected chi connectivity index (χ3v) is 4.49. The van der Waals surface area contributed by atoms with Crippen LogP contribution in [0.1, 0.15) is 17.7 Å². The van der Waals surface area contributed by atoms with Crippen molar-refractivity contribution in [3.8, 4) is 0 Å². The van der Waals surface area contributed by atoms with E-state index in [-0.39, 0.29) is 12.1 Å². The van der Waals surface area contributed by atoms with Crippen molar-refractivity contribution in [3.05, 3.63) is 41.7 Å². The molecule has 8 heteroatoms. The molecule has 0 saturated carbocycles. The van der Waals surface area contributed by atoms with Crippen molar-refractivity contribution in [2.45, 2.75) is 36.0 Å². The molecule has 0 spiro atoms. The Morgan fingerprint density at radius 2 is 2.22 bits per heavy atom. The van der Waals surface area contributed by atoms with Gasteiger partial charge in [-0.25, -0.2) is 4.79 Å². The van der Waals surface area contributed by atoms with Crippen LogP contribution in [0.15, 0.2) is 35.4 Å². The minimum atomic E-state index is -2.53. The van der Waals surface area contributed by atoms with Crippen molar-refractivity contribution >= 4 is 23.5 Å². The third-order valence-electron chi connectivity index (χ3n) is 3.71. The Labute approximate surface area is 136 Å². The molecule has 0 fully saturated rings. The summed E-state index contributed by atoms with van der Waals surface area (Å²) in [6.07, 6.45) is 4.18. The number of thioether (sulfide) groups is 1. The highest BCUT2D eigenvalue weighted by atomic mass is 32.2. The van der Waals surface area contributed by atoms with E-state index in [1.165, 1.54) is 5.56 Å². The van der Waals surface area contributed by atoms with E-state index in [1.54, 1.807) is 24.3 Å². The highest BCUT2D eigenvalue weighted by Crippen LogP contribution is 2.31. The summed E-state index contributed by atoms with van der Waals surface area (Å²) in [4.78, 5) is 12.5. The second-order valence-corrected chi connectivity index (χ2v) is 6.32. The van der Waals surface area contributed by atoms with Gasteiger partial charge >= 0.3 is 6.03 Å². The maximum absolute atomic E-state index is 12.5. The van der Waals surface area contributed by atoms with Crippen LogP contribution in [0.4, 0.5) is 19.3 Å². The largest absolute Gasteiger partial charge is 0.335 e. The van der Waals surface area contributed by atoms with E-state index < -0.39 is 5.76 Å². The van der Waals surface area contributed by atoms with Crippen LogP contribution in [-0.4, -0.2) is 28.0 Å². The molecule has 3 rings (SSSR count). The molecule has 2 amide bonds. The Morgan fingerprint density at radius 1 is 1.39 bits per heavy atom. The van der Waals surface area contributed by atoms with E-state index in [2.05, 4.69) is 20.8 Å². The quantitative estimate of drug-likeness (QED) is 0.748. The number of rotatable bonds is 4. The maximum Gasteiger partial charge on any atom is 0.319 e. The summed E-state index contributed by atoms with van der Waals surface area (Å²) < 4.78 is 25.1. The number of alkyl halides is 2. The normalized spacial score (nSPS) is 16.9. The maximum atomic E-state index is 12.5. The fourth-order valence-corrected chi connectivity index (χ4v) is 3.24. The SMILES string of the molecule is O=C(Nc1ccccc1SC(F)F)N[C@H]1CCc2cn[nH]c2C1. The standard InChI is InChI=1S/C15H16F2N4OS/c16-14(17)23-13-4-2-1-3-11(13)20-15(22)19-10-6-5-9-8-18-21-12(9)7-10/h1-4,8,10,14H,5-7H2,(H,18,21)(H2,19,20,22)/t10-/m0/s1. The Hall–Kier alpha value is -2.09. The summed E-state index contributed by atoms with van der Waals surface area (Å²) in [6, 6.07) is 6.14. The van der Waals surface area contributed by atoms with Gasteiger partial charge in [-0.05, 0) is 30.5 Å². The fraction of sp³-hybridized carbons (Fsp3) is 0.333. The van der Waals surface area contributed by atoms with Gasteiger partial charge in [0.2, 0.25) is 0 Å². The van der Waals surface area contributed by atoms with Gasteiger partial charge in [0.1, 0.15) is 0 Å². The Morgan fingerprint density at radius 3 is 3.04 bits per heavy atom. The Balaban J connectivity index is 1.60. The van der Waals surface area contributed by atoms with Gasteiger partial charge in [-0.2, -0.15) is 13.9 Å². The lowest BCUT2D eigenvalue weighted by Crippen LogP contribution is -2.41. The molecule has 122 valence electrons. The number of halogens is 2. The first-order valence-electron chi connectivity index (χ1n) is 7.24. The average molecular weight is 338 g/mol. The van der Waals surface area contributed by atoms with Gasteiger partial charge in [-0.3, -0.25) is 5.10 Å². The number of nitrogens with zero attached hydrogens (tertiary/aromatic N) is 1. The topological polar surface area (TPSA) is 69.8 Å². The molecular weight excluding hydrogens is 322 g/mol. The van der Waals surface area contributed by atoms with E-state index in [0.29, 0.717) is 28.8 Å². The molecule has 23 heavy (non-hydrogen) atoms. The highest BCUT2D eigenvalue weighted by molar-refractivity contribution is 7.99. The van der Waals surface area contributed by atoms with E-state index in [0.717, 1.165) is 18.5 Å². The molecular formula is C15H16F2N4OS. The predicted octanol–water partition coefficient (Wildman–Crippen LogP) is 3.40. The molecule has 0 radical (unpaired) electrons. The lowest BCUT2D eigenvalue weighted by molar-refractivity contribution is 0.246. The van der Waals surface area contributed by atoms with Crippen molar-refractivity contribution in [1.29, 1.82) is 0 Å². The predicted molar refractivity (Wildman–Crippen MR) is 84.9 cm³/mol. The molecule has 0 saturated heterocycles. The number of anilines is 1. The number of urea groups is 1. The summed E-state index contributed by atoms with van der Waals surface area (Å²) in [6.45, 7) is 0. The molecule has 5 nitrogen and oxygen atoms in total. The molecule has 1 aromatic heterocycles. The van der Waals surface area contributed by atoms with Gasteiger partial charge in [0.25, 0.3) is 5.76 Å². The molecule has 0 bridgehead atoms. The smallest absolute Gasteiger partial charge is 0.319 e. The van der Waals surface area contributed by atoms with Crippen LogP contribution in [0.2, 0.25) is 0 Å². The number of aromatic nitrogens is 2. The van der Waals surface area contributed by atoms with E-state index in [1.807, 2.05) is 6.20 Å². The van der Waals surface area contributed by atoms with Gasteiger partial charge in [-0.15, -0.1) is 0 Å². The number of para-hydroxylation sites is 1. The van der Waals surface area contributed by atoms with Crippen molar-refractivity contribution in [2.24, 2.45) is 0 Å². The first-order valence-corrected chi connectivity index (χ1v) is 8.12. The number of hydrogen-bond donors (Lipinski definition) is 3. The van der Waals surface area contributed by atoms with Crippen molar-refractivity contribution in [1.82, 2.24) is 15.5 Å². The van der Waals surface area contributed by atoms with E-state index in [4.69, 9.17) is 0 Å². The molecule has 1 heterocycles. The summed E-state index contributed by atoms with van der Waals surface area (Å²) >= 11 is 0.416. The van der Waals surface area contributed by atoms with Crippen LogP contribution in [0.3, 0.4) is 0 Å². The molecule has 1 aliphatic rings. The lowest BCUT2D eigenvalue weighted by atomic mass is 9.94. The number of nitrogens with one attached hydrogen (secondary N) is 3. The molecule has 2 aromatic rings. The van der Waals surface area contributed by atoms with Crippen molar-refractivity contribution in [2.75, 3.05) is 5.32 Å². The van der Waals surface area contributed by atoms with Crippen LogP contribution in [0, 0.1) is 0 Å². The fourth-order valence-electron chi connectivity index (χ4n) is 2.64. The number of H-pyrrole nitrogens is 1. The molecule has 3 N–H and O–H groups in total. The van der Waals surface area contributed by atoms with Gasteiger partial charge in [0.05, 0.1) is 11.9 Å². The number of fused-ring (bicyclic) bond motifs is 1. The monoisotopic (exact) mass is 338 g/mol. The van der Waals surface area contributed by atoms with Gasteiger partial charge in [0, 0.05) is 23.1 Å². The molecule has 1 aromatic carbocycles. The van der Waals surface area contributed by atoms with Gasteiger partial charge < -0.3 is 10.6 Å². The summed E-state index contributed by atoms with van der Waals surface area (Å²) in [7, 11) is 0. The average Bonchev–Trinajstić information content (AvgIpc) is 2.96. The minimum Gasteiger partial charge on any atom is -0.335 e. The zero-order chi connectivity index (χ0) is 16.2. The number of carbonyl (C=O) groups excluding carboxylic acids is 1. The summed E-state index contributed by atoms with van der Waals surface area (Å²) in [5, 5.41) is 12.5. The van der Waals surface area contributed by atoms with Crippen LogP contribution in [0.5, 0.6) is 0 Å². The highest BCUT2D eigenvalue weighted by Gasteiger charge is 2.22. The summed E-state index contributed by atoms with van der Waals surface area (Å²) in [5.74, 6) is -2.53. The number of amides is 2. The van der Waals surface area contributed by atoms with Crippen molar-refractivity contribution in [3.63, 3.8) is 0 Å². The zero-order valence-corrected chi connectivity index (χ0v) is 13.0. The number of benzene rings is 1. The second kappa shape index (κ2) is 6.99. The van der Waals surface area contributed by atoms with Crippen LogP contribution >= 0.6 is 11.8 Å². The molecule has 0 aliphatic heterocycles. The zero-order valence-electron chi connectivity index (χ0n) is 12.2. The third kappa shape index (κ3) is 4.01. The lowest BCUT2D eigenvalue weighted by Gasteiger charge is -2.23. The van der Waals surface area contributed by atoms with E-state index in [9.17, 15) is 13.6 Å². The van der Waals surface area contributed by atoms with Crippen molar-refractivity contribution < 1.29 is 13.6 Å². The molecule has 1 atom stereocenters. The molecule has 0 unspecified atom stereocenters. The van der Waals surface area contributed by atoms with E-state index >= 15 is 0 Å². The number of aryl methyl sites for hydroxylation is 1. The van der Waals surface area contributed by atoms with Crippen LogP contribution < -0.4 is 10.6 Å². The first-order chi connectivity index (χ1) is 11.1. The minimum absolute atomic E-state index is 0.00198. The Bertz CT molecular complexity index is 692.